The van der Waals surface area contributed by atoms with Crippen LogP contribution in [0.3, 0.4) is 0 Å². The molecule has 1 aliphatic heterocycles. The molecule has 30 heavy (non-hydrogen) atoms. The van der Waals surface area contributed by atoms with E-state index in [0.29, 0.717) is 12.3 Å². The summed E-state index contributed by atoms with van der Waals surface area (Å²) in [5.74, 6) is 0.725. The SMILES string of the molecule is CCNC(=NCc1ccc(Oc2cccnc2)c(F)c1)N1CCC(C(=O)OC)CC1. The summed E-state index contributed by atoms with van der Waals surface area (Å²) < 4.78 is 24.8. The van der Waals surface area contributed by atoms with E-state index in [1.165, 1.54) is 19.4 Å². The Hall–Kier alpha value is -3.16. The van der Waals surface area contributed by atoms with Crippen LogP contribution in [0.4, 0.5) is 4.39 Å². The van der Waals surface area contributed by atoms with Crippen LogP contribution in [-0.4, -0.2) is 48.6 Å². The number of benzene rings is 1. The Morgan fingerprint density at radius 3 is 2.77 bits per heavy atom. The lowest BCUT2D eigenvalue weighted by atomic mass is 9.97. The third-order valence-electron chi connectivity index (χ3n) is 4.93. The zero-order valence-electron chi connectivity index (χ0n) is 17.3. The zero-order valence-corrected chi connectivity index (χ0v) is 17.3. The van der Waals surface area contributed by atoms with Crippen LogP contribution >= 0.6 is 0 Å². The molecule has 0 radical (unpaired) electrons. The van der Waals surface area contributed by atoms with Gasteiger partial charge in [-0.3, -0.25) is 9.78 Å². The van der Waals surface area contributed by atoms with E-state index in [0.717, 1.165) is 44.0 Å². The monoisotopic (exact) mass is 414 g/mol. The maximum Gasteiger partial charge on any atom is 0.308 e. The van der Waals surface area contributed by atoms with Gasteiger partial charge < -0.3 is 19.7 Å². The van der Waals surface area contributed by atoms with Gasteiger partial charge in [-0.15, -0.1) is 0 Å². The number of piperidine rings is 1. The quantitative estimate of drug-likeness (QED) is 0.444. The maximum atomic E-state index is 14.5. The number of pyridine rings is 1. The van der Waals surface area contributed by atoms with Crippen molar-refractivity contribution in [2.24, 2.45) is 10.9 Å². The van der Waals surface area contributed by atoms with E-state index in [-0.39, 0.29) is 17.6 Å². The molecule has 1 aromatic carbocycles. The van der Waals surface area contributed by atoms with E-state index in [4.69, 9.17) is 9.47 Å². The number of nitrogens with zero attached hydrogens (tertiary/aromatic N) is 3. The highest BCUT2D eigenvalue weighted by Crippen LogP contribution is 2.25. The normalized spacial score (nSPS) is 15.0. The number of methoxy groups -OCH3 is 1. The van der Waals surface area contributed by atoms with E-state index in [1.807, 2.05) is 6.92 Å². The first kappa shape index (κ1) is 21.5. The number of guanidine groups is 1. The molecule has 160 valence electrons. The van der Waals surface area contributed by atoms with Gasteiger partial charge in [0.15, 0.2) is 17.5 Å². The molecule has 0 aliphatic carbocycles. The fraction of sp³-hybridized carbons (Fsp3) is 0.409. The molecule has 3 rings (SSSR count). The number of halogens is 1. The average Bonchev–Trinajstić information content (AvgIpc) is 2.78. The van der Waals surface area contributed by atoms with Gasteiger partial charge in [0.25, 0.3) is 0 Å². The van der Waals surface area contributed by atoms with Gasteiger partial charge in [0, 0.05) is 25.8 Å². The molecule has 0 atom stereocenters. The van der Waals surface area contributed by atoms with Crippen molar-refractivity contribution in [1.29, 1.82) is 0 Å². The maximum absolute atomic E-state index is 14.5. The highest BCUT2D eigenvalue weighted by molar-refractivity contribution is 5.80. The summed E-state index contributed by atoms with van der Waals surface area (Å²) in [5.41, 5.74) is 0.742. The molecule has 2 heterocycles. The number of hydrogen-bond donors (Lipinski definition) is 1. The van der Waals surface area contributed by atoms with Crippen molar-refractivity contribution in [2.45, 2.75) is 26.3 Å². The molecule has 1 aliphatic rings. The fourth-order valence-corrected chi connectivity index (χ4v) is 3.35. The Balaban J connectivity index is 1.63. The minimum Gasteiger partial charge on any atom is -0.469 e. The van der Waals surface area contributed by atoms with Gasteiger partial charge in [-0.2, -0.15) is 0 Å². The number of aromatic nitrogens is 1. The Labute approximate surface area is 175 Å². The Morgan fingerprint density at radius 1 is 1.33 bits per heavy atom. The van der Waals surface area contributed by atoms with Crippen LogP contribution in [0.15, 0.2) is 47.7 Å². The third-order valence-corrected chi connectivity index (χ3v) is 4.93. The number of likely N-dealkylation sites (tertiary alicyclic amines) is 1. The number of hydrogen-bond acceptors (Lipinski definition) is 5. The molecular formula is C22H27FN4O3. The topological polar surface area (TPSA) is 76.1 Å². The smallest absolute Gasteiger partial charge is 0.308 e. The van der Waals surface area contributed by atoms with Crippen molar-refractivity contribution in [1.82, 2.24) is 15.2 Å². The van der Waals surface area contributed by atoms with Crippen LogP contribution in [0.25, 0.3) is 0 Å². The largest absolute Gasteiger partial charge is 0.469 e. The summed E-state index contributed by atoms with van der Waals surface area (Å²) in [6, 6.07) is 8.28. The summed E-state index contributed by atoms with van der Waals surface area (Å²) >= 11 is 0. The molecule has 0 spiro atoms. The number of rotatable bonds is 6. The van der Waals surface area contributed by atoms with Crippen molar-refractivity contribution >= 4 is 11.9 Å². The minimum absolute atomic E-state index is 0.0596. The number of carbonyl (C=O) groups is 1. The molecule has 7 nitrogen and oxygen atoms in total. The van der Waals surface area contributed by atoms with Crippen molar-refractivity contribution < 1.29 is 18.7 Å². The average molecular weight is 414 g/mol. The van der Waals surface area contributed by atoms with Gasteiger partial charge in [0.05, 0.1) is 25.8 Å². The number of nitrogens with one attached hydrogen (secondary N) is 1. The van der Waals surface area contributed by atoms with Crippen LogP contribution in [0, 0.1) is 11.7 Å². The molecule has 0 saturated carbocycles. The number of carbonyl (C=O) groups excluding carboxylic acids is 1. The van der Waals surface area contributed by atoms with Crippen molar-refractivity contribution in [2.75, 3.05) is 26.7 Å². The zero-order chi connectivity index (χ0) is 21.3. The van der Waals surface area contributed by atoms with E-state index < -0.39 is 5.82 Å². The van der Waals surface area contributed by atoms with E-state index in [2.05, 4.69) is 20.2 Å². The Bertz CT molecular complexity index is 868. The predicted molar refractivity (Wildman–Crippen MR) is 112 cm³/mol. The lowest BCUT2D eigenvalue weighted by Gasteiger charge is -2.33. The highest BCUT2D eigenvalue weighted by atomic mass is 19.1. The summed E-state index contributed by atoms with van der Waals surface area (Å²) in [6.07, 6.45) is 4.62. The van der Waals surface area contributed by atoms with Crippen LogP contribution in [0.2, 0.25) is 0 Å². The molecule has 1 N–H and O–H groups in total. The molecule has 1 saturated heterocycles. The first-order valence-corrected chi connectivity index (χ1v) is 10.1. The molecule has 0 bridgehead atoms. The standard InChI is InChI=1S/C22H27FN4O3/c1-3-25-22(27-11-8-17(9-12-27)21(28)29-2)26-14-16-6-7-20(19(23)13-16)30-18-5-4-10-24-15-18/h4-7,10,13,15,17H,3,8-9,11-12,14H2,1-2H3,(H,25,26). The van der Waals surface area contributed by atoms with Crippen molar-refractivity contribution in [3.8, 4) is 11.5 Å². The van der Waals surface area contributed by atoms with Gasteiger partial charge in [0.1, 0.15) is 5.75 Å². The van der Waals surface area contributed by atoms with Crippen LogP contribution in [0.1, 0.15) is 25.3 Å². The first-order chi connectivity index (χ1) is 14.6. The Kier molecular flexibility index (Phi) is 7.59. The lowest BCUT2D eigenvalue weighted by Crippen LogP contribution is -2.46. The second-order valence-corrected chi connectivity index (χ2v) is 7.01. The summed E-state index contributed by atoms with van der Waals surface area (Å²) in [5, 5.41) is 3.27. The van der Waals surface area contributed by atoms with Gasteiger partial charge in [-0.05, 0) is 49.6 Å². The van der Waals surface area contributed by atoms with E-state index >= 15 is 0 Å². The van der Waals surface area contributed by atoms with Crippen molar-refractivity contribution in [3.63, 3.8) is 0 Å². The van der Waals surface area contributed by atoms with Crippen LogP contribution in [0.5, 0.6) is 11.5 Å². The number of esters is 1. The lowest BCUT2D eigenvalue weighted by molar-refractivity contribution is -0.146. The van der Waals surface area contributed by atoms with Crippen molar-refractivity contribution in [3.05, 3.63) is 54.1 Å². The first-order valence-electron chi connectivity index (χ1n) is 10.1. The highest BCUT2D eigenvalue weighted by Gasteiger charge is 2.26. The van der Waals surface area contributed by atoms with Crippen LogP contribution in [-0.2, 0) is 16.1 Å². The number of aliphatic imine (C=N–C) groups is 1. The molecule has 1 aromatic heterocycles. The summed E-state index contributed by atoms with van der Waals surface area (Å²) in [6.45, 7) is 4.50. The van der Waals surface area contributed by atoms with Gasteiger partial charge in [-0.25, -0.2) is 9.38 Å². The molecule has 0 amide bonds. The molecule has 1 fully saturated rings. The summed E-state index contributed by atoms with van der Waals surface area (Å²) in [4.78, 5) is 22.4. The Morgan fingerprint density at radius 2 is 2.13 bits per heavy atom. The summed E-state index contributed by atoms with van der Waals surface area (Å²) in [7, 11) is 1.42. The fourth-order valence-electron chi connectivity index (χ4n) is 3.35. The van der Waals surface area contributed by atoms with Crippen LogP contribution < -0.4 is 10.1 Å². The second-order valence-electron chi connectivity index (χ2n) is 7.01. The third kappa shape index (κ3) is 5.68. The molecule has 2 aromatic rings. The molecule has 0 unspecified atom stereocenters. The molecular weight excluding hydrogens is 387 g/mol. The minimum atomic E-state index is -0.449. The molecule has 8 heteroatoms. The van der Waals surface area contributed by atoms with E-state index in [1.54, 1.807) is 30.5 Å². The number of ether oxygens (including phenoxy) is 2. The van der Waals surface area contributed by atoms with Gasteiger partial charge >= 0.3 is 5.97 Å². The van der Waals surface area contributed by atoms with Gasteiger partial charge in [-0.1, -0.05) is 6.07 Å². The predicted octanol–water partition coefficient (Wildman–Crippen LogP) is 3.36. The second kappa shape index (κ2) is 10.6. The van der Waals surface area contributed by atoms with E-state index in [9.17, 15) is 9.18 Å². The van der Waals surface area contributed by atoms with Gasteiger partial charge in [0.2, 0.25) is 0 Å².